The second kappa shape index (κ2) is 5.27. The van der Waals surface area contributed by atoms with Crippen molar-refractivity contribution < 1.29 is 14.3 Å². The Bertz CT molecular complexity index is 446. The molecule has 2 rings (SSSR count). The monoisotopic (exact) mass is 250 g/mol. The van der Waals surface area contributed by atoms with Crippen LogP contribution in [0.3, 0.4) is 0 Å². The summed E-state index contributed by atoms with van der Waals surface area (Å²) in [6, 6.07) is 5.85. The van der Waals surface area contributed by atoms with E-state index in [1.54, 1.807) is 19.0 Å². The molecule has 0 saturated carbocycles. The number of carbonyl (C=O) groups excluding carboxylic acids is 1. The summed E-state index contributed by atoms with van der Waals surface area (Å²) >= 11 is 0. The summed E-state index contributed by atoms with van der Waals surface area (Å²) in [5, 5.41) is 0. The standard InChI is InChI=1S/C13H18N2O3/c1-14(2)13(16)8-15(3)7-10-4-5-11-12(6-10)18-9-17-11/h4-6H,7-9H2,1-3H3. The summed E-state index contributed by atoms with van der Waals surface area (Å²) in [5.74, 6) is 1.66. The molecule has 18 heavy (non-hydrogen) atoms. The van der Waals surface area contributed by atoms with Gasteiger partial charge in [0.1, 0.15) is 0 Å². The first-order valence-electron chi connectivity index (χ1n) is 5.83. The van der Waals surface area contributed by atoms with Crippen molar-refractivity contribution in [2.75, 3.05) is 34.5 Å². The largest absolute Gasteiger partial charge is 0.454 e. The zero-order chi connectivity index (χ0) is 13.1. The number of rotatable bonds is 4. The van der Waals surface area contributed by atoms with Crippen LogP contribution in [-0.4, -0.2) is 50.2 Å². The summed E-state index contributed by atoms with van der Waals surface area (Å²) in [6.07, 6.45) is 0. The zero-order valence-corrected chi connectivity index (χ0v) is 11.0. The molecule has 1 aromatic carbocycles. The van der Waals surface area contributed by atoms with Gasteiger partial charge in [0.15, 0.2) is 11.5 Å². The lowest BCUT2D eigenvalue weighted by Gasteiger charge is -2.19. The molecule has 0 N–H and O–H groups in total. The fraction of sp³-hybridized carbons (Fsp3) is 0.462. The lowest BCUT2D eigenvalue weighted by molar-refractivity contribution is -0.129. The third-order valence-corrected chi connectivity index (χ3v) is 2.79. The molecule has 1 heterocycles. The van der Waals surface area contributed by atoms with E-state index < -0.39 is 0 Å². The number of fused-ring (bicyclic) bond motifs is 1. The van der Waals surface area contributed by atoms with E-state index in [1.807, 2.05) is 30.1 Å². The molecule has 0 fully saturated rings. The normalized spacial score (nSPS) is 12.9. The van der Waals surface area contributed by atoms with Gasteiger partial charge < -0.3 is 14.4 Å². The fourth-order valence-electron chi connectivity index (χ4n) is 1.78. The van der Waals surface area contributed by atoms with Crippen molar-refractivity contribution in [2.24, 2.45) is 0 Å². The molecule has 1 amide bonds. The highest BCUT2D eigenvalue weighted by Gasteiger charge is 2.14. The molecule has 0 unspecified atom stereocenters. The lowest BCUT2D eigenvalue weighted by atomic mass is 10.2. The van der Waals surface area contributed by atoms with Gasteiger partial charge in [0.05, 0.1) is 6.54 Å². The number of benzene rings is 1. The van der Waals surface area contributed by atoms with Gasteiger partial charge in [0.2, 0.25) is 12.7 Å². The average Bonchev–Trinajstić information content (AvgIpc) is 2.75. The van der Waals surface area contributed by atoms with E-state index in [0.29, 0.717) is 13.1 Å². The molecule has 0 aromatic heterocycles. The Labute approximate surface area is 107 Å². The number of hydrogen-bond donors (Lipinski definition) is 0. The number of hydrogen-bond acceptors (Lipinski definition) is 4. The Balaban J connectivity index is 1.95. The molecular weight excluding hydrogens is 232 g/mol. The quantitative estimate of drug-likeness (QED) is 0.797. The first kappa shape index (κ1) is 12.7. The number of amides is 1. The van der Waals surface area contributed by atoms with Gasteiger partial charge in [-0.15, -0.1) is 0 Å². The van der Waals surface area contributed by atoms with E-state index >= 15 is 0 Å². The Morgan fingerprint density at radius 3 is 2.67 bits per heavy atom. The summed E-state index contributed by atoms with van der Waals surface area (Å²) in [7, 11) is 5.44. The van der Waals surface area contributed by atoms with Gasteiger partial charge in [-0.25, -0.2) is 0 Å². The highest BCUT2D eigenvalue weighted by atomic mass is 16.7. The third kappa shape index (κ3) is 2.92. The van der Waals surface area contributed by atoms with E-state index in [9.17, 15) is 4.79 Å². The molecule has 5 heteroatoms. The van der Waals surface area contributed by atoms with Gasteiger partial charge in [0, 0.05) is 20.6 Å². The third-order valence-electron chi connectivity index (χ3n) is 2.79. The molecule has 0 radical (unpaired) electrons. The SMILES string of the molecule is CN(CC(=O)N(C)C)Cc1ccc2c(c1)OCO2. The first-order valence-corrected chi connectivity index (χ1v) is 5.83. The zero-order valence-electron chi connectivity index (χ0n) is 11.0. The molecule has 0 saturated heterocycles. The molecule has 1 aliphatic heterocycles. The topological polar surface area (TPSA) is 42.0 Å². The Morgan fingerprint density at radius 1 is 1.22 bits per heavy atom. The lowest BCUT2D eigenvalue weighted by Crippen LogP contribution is -2.34. The minimum atomic E-state index is 0.0956. The minimum Gasteiger partial charge on any atom is -0.454 e. The van der Waals surface area contributed by atoms with Crippen LogP contribution in [0.2, 0.25) is 0 Å². The predicted molar refractivity (Wildman–Crippen MR) is 67.6 cm³/mol. The Hall–Kier alpha value is -1.75. The van der Waals surface area contributed by atoms with E-state index in [1.165, 1.54) is 0 Å². The van der Waals surface area contributed by atoms with Gasteiger partial charge in [-0.3, -0.25) is 9.69 Å². The highest BCUT2D eigenvalue weighted by Crippen LogP contribution is 2.32. The van der Waals surface area contributed by atoms with Crippen molar-refractivity contribution in [2.45, 2.75) is 6.54 Å². The van der Waals surface area contributed by atoms with Crippen LogP contribution in [0.15, 0.2) is 18.2 Å². The smallest absolute Gasteiger partial charge is 0.236 e. The highest BCUT2D eigenvalue weighted by molar-refractivity contribution is 5.77. The molecule has 0 atom stereocenters. The second-order valence-corrected chi connectivity index (χ2v) is 4.65. The van der Waals surface area contributed by atoms with Gasteiger partial charge in [-0.1, -0.05) is 6.07 Å². The van der Waals surface area contributed by atoms with Crippen LogP contribution in [0, 0.1) is 0 Å². The molecule has 1 aromatic rings. The predicted octanol–water partition coefficient (Wildman–Crippen LogP) is 0.935. The molecule has 0 spiro atoms. The number of nitrogens with zero attached hydrogens (tertiary/aromatic N) is 2. The average molecular weight is 250 g/mol. The molecule has 1 aliphatic rings. The molecule has 5 nitrogen and oxygen atoms in total. The van der Waals surface area contributed by atoms with Crippen molar-refractivity contribution in [3.63, 3.8) is 0 Å². The maximum absolute atomic E-state index is 11.6. The molecule has 98 valence electrons. The van der Waals surface area contributed by atoms with Crippen molar-refractivity contribution in [1.29, 1.82) is 0 Å². The van der Waals surface area contributed by atoms with E-state index in [-0.39, 0.29) is 12.7 Å². The van der Waals surface area contributed by atoms with E-state index in [0.717, 1.165) is 17.1 Å². The summed E-state index contributed by atoms with van der Waals surface area (Å²) < 4.78 is 10.6. The van der Waals surface area contributed by atoms with E-state index in [4.69, 9.17) is 9.47 Å². The van der Waals surface area contributed by atoms with Gasteiger partial charge in [-0.2, -0.15) is 0 Å². The molecular formula is C13H18N2O3. The van der Waals surface area contributed by atoms with Crippen LogP contribution in [0.4, 0.5) is 0 Å². The fourth-order valence-corrected chi connectivity index (χ4v) is 1.78. The van der Waals surface area contributed by atoms with Crippen LogP contribution in [0.1, 0.15) is 5.56 Å². The van der Waals surface area contributed by atoms with Gasteiger partial charge in [-0.05, 0) is 24.7 Å². The van der Waals surface area contributed by atoms with Crippen LogP contribution >= 0.6 is 0 Å². The number of likely N-dealkylation sites (N-methyl/N-ethyl adjacent to an activating group) is 2. The number of carbonyl (C=O) groups is 1. The van der Waals surface area contributed by atoms with Crippen LogP contribution in [-0.2, 0) is 11.3 Å². The Morgan fingerprint density at radius 2 is 1.94 bits per heavy atom. The molecule has 0 bridgehead atoms. The number of ether oxygens (including phenoxy) is 2. The summed E-state index contributed by atoms with van der Waals surface area (Å²) in [6.45, 7) is 1.39. The van der Waals surface area contributed by atoms with E-state index in [2.05, 4.69) is 0 Å². The van der Waals surface area contributed by atoms with Gasteiger partial charge in [0.25, 0.3) is 0 Å². The van der Waals surface area contributed by atoms with Crippen LogP contribution in [0.25, 0.3) is 0 Å². The van der Waals surface area contributed by atoms with Crippen LogP contribution < -0.4 is 9.47 Å². The Kier molecular flexibility index (Phi) is 3.72. The van der Waals surface area contributed by atoms with Crippen molar-refractivity contribution >= 4 is 5.91 Å². The summed E-state index contributed by atoms with van der Waals surface area (Å²) in [4.78, 5) is 15.1. The van der Waals surface area contributed by atoms with Crippen molar-refractivity contribution in [3.8, 4) is 11.5 Å². The first-order chi connectivity index (χ1) is 8.56. The van der Waals surface area contributed by atoms with Crippen molar-refractivity contribution in [3.05, 3.63) is 23.8 Å². The van der Waals surface area contributed by atoms with Crippen LogP contribution in [0.5, 0.6) is 11.5 Å². The minimum absolute atomic E-state index is 0.0956. The second-order valence-electron chi connectivity index (χ2n) is 4.65. The van der Waals surface area contributed by atoms with Gasteiger partial charge >= 0.3 is 0 Å². The van der Waals surface area contributed by atoms with Crippen molar-refractivity contribution in [1.82, 2.24) is 9.80 Å². The maximum Gasteiger partial charge on any atom is 0.236 e. The maximum atomic E-state index is 11.6. The summed E-state index contributed by atoms with van der Waals surface area (Å²) in [5.41, 5.74) is 1.10. The molecule has 0 aliphatic carbocycles.